The van der Waals surface area contributed by atoms with Gasteiger partial charge in [-0.3, -0.25) is 4.79 Å². The van der Waals surface area contributed by atoms with Crippen LogP contribution in [0.2, 0.25) is 0 Å². The van der Waals surface area contributed by atoms with Crippen LogP contribution in [0.4, 0.5) is 0 Å². The molecule has 64 valence electrons. The summed E-state index contributed by atoms with van der Waals surface area (Å²) in [6.45, 7) is 1.49. The van der Waals surface area contributed by atoms with Crippen molar-refractivity contribution in [2.24, 2.45) is 5.92 Å². The molecule has 0 aromatic heterocycles. The zero-order valence-corrected chi connectivity index (χ0v) is 7.65. The van der Waals surface area contributed by atoms with E-state index in [-0.39, 0.29) is 5.92 Å². The van der Waals surface area contributed by atoms with Gasteiger partial charge in [-0.05, 0) is 19.1 Å². The second-order valence-electron chi connectivity index (χ2n) is 2.81. The lowest BCUT2D eigenvalue weighted by Gasteiger charge is -2.20. The molecule has 1 aliphatic heterocycles. The largest absolute Gasteiger partial charge is 0.381 e. The monoisotopic (exact) mass is 174 g/mol. The second-order valence-corrected chi connectivity index (χ2v) is 3.68. The quantitative estimate of drug-likeness (QED) is 0.646. The van der Waals surface area contributed by atoms with Crippen LogP contribution in [0.25, 0.3) is 0 Å². The van der Waals surface area contributed by atoms with Crippen molar-refractivity contribution in [2.75, 3.05) is 25.2 Å². The van der Waals surface area contributed by atoms with Crippen LogP contribution in [0.15, 0.2) is 0 Å². The second kappa shape index (κ2) is 4.78. The molecule has 0 amide bonds. The lowest BCUT2D eigenvalue weighted by Crippen LogP contribution is -2.26. The van der Waals surface area contributed by atoms with Gasteiger partial charge < -0.3 is 4.74 Å². The molecule has 0 aromatic rings. The Morgan fingerprint density at radius 1 is 1.73 bits per heavy atom. The average Bonchev–Trinajstić information content (AvgIpc) is 2.07. The first kappa shape index (κ1) is 9.07. The summed E-state index contributed by atoms with van der Waals surface area (Å²) >= 11 is 1.60. The predicted octanol–water partition coefficient (Wildman–Crippen LogP) is 1.35. The van der Waals surface area contributed by atoms with Gasteiger partial charge in [-0.15, -0.1) is 0 Å². The van der Waals surface area contributed by atoms with Crippen molar-refractivity contribution in [1.82, 2.24) is 0 Å². The zero-order chi connectivity index (χ0) is 8.10. The van der Waals surface area contributed by atoms with Crippen molar-refractivity contribution < 1.29 is 9.53 Å². The van der Waals surface area contributed by atoms with Crippen LogP contribution in [-0.2, 0) is 9.53 Å². The topological polar surface area (TPSA) is 26.3 Å². The number of ether oxygens (including phenoxy) is 1. The lowest BCUT2D eigenvalue weighted by atomic mass is 9.99. The van der Waals surface area contributed by atoms with Crippen molar-refractivity contribution in [3.05, 3.63) is 0 Å². The Balaban J connectivity index is 2.27. The van der Waals surface area contributed by atoms with E-state index in [4.69, 9.17) is 4.74 Å². The number of ketones is 1. The van der Waals surface area contributed by atoms with E-state index in [1.807, 2.05) is 6.26 Å². The molecule has 1 rings (SSSR count). The van der Waals surface area contributed by atoms with Gasteiger partial charge in [0.2, 0.25) is 0 Å². The normalized spacial score (nSPS) is 25.0. The number of carbonyl (C=O) groups is 1. The molecule has 1 heterocycles. The SMILES string of the molecule is CSCC(=O)C1CCCOC1. The molecule has 0 bridgehead atoms. The third-order valence-corrected chi connectivity index (χ3v) is 2.48. The Morgan fingerprint density at radius 3 is 3.09 bits per heavy atom. The Hall–Kier alpha value is -0.0200. The van der Waals surface area contributed by atoms with Gasteiger partial charge in [0.15, 0.2) is 0 Å². The Bertz CT molecular complexity index is 130. The smallest absolute Gasteiger partial charge is 0.148 e. The van der Waals surface area contributed by atoms with Crippen LogP contribution < -0.4 is 0 Å². The van der Waals surface area contributed by atoms with Crippen LogP contribution in [-0.4, -0.2) is 31.0 Å². The molecule has 1 aliphatic rings. The first-order chi connectivity index (χ1) is 5.34. The molecule has 0 aliphatic carbocycles. The van der Waals surface area contributed by atoms with E-state index in [9.17, 15) is 4.79 Å². The van der Waals surface area contributed by atoms with Gasteiger partial charge in [-0.1, -0.05) is 0 Å². The molecule has 3 heteroatoms. The Labute approximate surface area is 71.7 Å². The number of hydrogen-bond donors (Lipinski definition) is 0. The number of hydrogen-bond acceptors (Lipinski definition) is 3. The van der Waals surface area contributed by atoms with E-state index in [2.05, 4.69) is 0 Å². The third-order valence-electron chi connectivity index (χ3n) is 1.90. The fourth-order valence-corrected chi connectivity index (χ4v) is 1.77. The molecule has 0 radical (unpaired) electrons. The van der Waals surface area contributed by atoms with Gasteiger partial charge in [0.1, 0.15) is 5.78 Å². The third kappa shape index (κ3) is 2.83. The molecule has 2 nitrogen and oxygen atoms in total. The van der Waals surface area contributed by atoms with E-state index in [1.165, 1.54) is 0 Å². The van der Waals surface area contributed by atoms with Gasteiger partial charge in [-0.2, -0.15) is 11.8 Å². The first-order valence-electron chi connectivity index (χ1n) is 3.94. The standard InChI is InChI=1S/C8H14O2S/c1-11-6-8(9)7-3-2-4-10-5-7/h7H,2-6H2,1H3. The predicted molar refractivity (Wildman–Crippen MR) is 46.9 cm³/mol. The summed E-state index contributed by atoms with van der Waals surface area (Å²) in [5, 5.41) is 0. The summed E-state index contributed by atoms with van der Waals surface area (Å²) < 4.78 is 5.22. The first-order valence-corrected chi connectivity index (χ1v) is 5.33. The lowest BCUT2D eigenvalue weighted by molar-refractivity contribution is -0.124. The van der Waals surface area contributed by atoms with Gasteiger partial charge in [0, 0.05) is 12.5 Å². The minimum Gasteiger partial charge on any atom is -0.381 e. The van der Waals surface area contributed by atoms with Crippen molar-refractivity contribution in [3.8, 4) is 0 Å². The molecule has 1 atom stereocenters. The van der Waals surface area contributed by atoms with Crippen molar-refractivity contribution in [1.29, 1.82) is 0 Å². The van der Waals surface area contributed by atoms with Crippen molar-refractivity contribution in [2.45, 2.75) is 12.8 Å². The van der Waals surface area contributed by atoms with E-state index >= 15 is 0 Å². The van der Waals surface area contributed by atoms with Gasteiger partial charge in [0.25, 0.3) is 0 Å². The van der Waals surface area contributed by atoms with Crippen LogP contribution in [0, 0.1) is 5.92 Å². The van der Waals surface area contributed by atoms with Crippen LogP contribution in [0.1, 0.15) is 12.8 Å². The molecule has 1 unspecified atom stereocenters. The average molecular weight is 174 g/mol. The maximum absolute atomic E-state index is 11.3. The molecular formula is C8H14O2S. The molecule has 0 aromatic carbocycles. The maximum atomic E-state index is 11.3. The minimum atomic E-state index is 0.191. The van der Waals surface area contributed by atoms with Gasteiger partial charge >= 0.3 is 0 Å². The van der Waals surface area contributed by atoms with Crippen molar-refractivity contribution >= 4 is 17.5 Å². The summed E-state index contributed by atoms with van der Waals surface area (Å²) in [6, 6.07) is 0. The molecule has 1 fully saturated rings. The van der Waals surface area contributed by atoms with E-state index in [1.54, 1.807) is 11.8 Å². The fourth-order valence-electron chi connectivity index (χ4n) is 1.25. The summed E-state index contributed by atoms with van der Waals surface area (Å²) in [4.78, 5) is 11.3. The Morgan fingerprint density at radius 2 is 2.55 bits per heavy atom. The number of rotatable bonds is 3. The van der Waals surface area contributed by atoms with E-state index < -0.39 is 0 Å². The number of carbonyl (C=O) groups excluding carboxylic acids is 1. The van der Waals surface area contributed by atoms with Crippen molar-refractivity contribution in [3.63, 3.8) is 0 Å². The molecule has 0 saturated carbocycles. The zero-order valence-electron chi connectivity index (χ0n) is 6.84. The molecule has 0 spiro atoms. The van der Waals surface area contributed by atoms with Crippen LogP contribution >= 0.6 is 11.8 Å². The minimum absolute atomic E-state index is 0.191. The van der Waals surface area contributed by atoms with Gasteiger partial charge in [-0.25, -0.2) is 0 Å². The highest BCUT2D eigenvalue weighted by Crippen LogP contribution is 2.15. The van der Waals surface area contributed by atoms with E-state index in [0.717, 1.165) is 19.4 Å². The summed E-state index contributed by atoms with van der Waals surface area (Å²) in [5.41, 5.74) is 0. The highest BCUT2D eigenvalue weighted by atomic mass is 32.2. The number of thioether (sulfide) groups is 1. The van der Waals surface area contributed by atoms with E-state index in [0.29, 0.717) is 18.1 Å². The fraction of sp³-hybridized carbons (Fsp3) is 0.875. The molecule has 11 heavy (non-hydrogen) atoms. The highest BCUT2D eigenvalue weighted by molar-refractivity contribution is 7.99. The molecule has 0 N–H and O–H groups in total. The van der Waals surface area contributed by atoms with Crippen LogP contribution in [0.3, 0.4) is 0 Å². The summed E-state index contributed by atoms with van der Waals surface area (Å²) in [5.74, 6) is 1.20. The summed E-state index contributed by atoms with van der Waals surface area (Å²) in [7, 11) is 0. The highest BCUT2D eigenvalue weighted by Gasteiger charge is 2.20. The van der Waals surface area contributed by atoms with Gasteiger partial charge in [0.05, 0.1) is 12.4 Å². The van der Waals surface area contributed by atoms with Crippen LogP contribution in [0.5, 0.6) is 0 Å². The molecular weight excluding hydrogens is 160 g/mol. The summed E-state index contributed by atoms with van der Waals surface area (Å²) in [6.07, 6.45) is 4.03. The maximum Gasteiger partial charge on any atom is 0.148 e. The molecule has 1 saturated heterocycles. The number of Topliss-reactive ketones (excluding diaryl/α,β-unsaturated/α-hetero) is 1. The Kier molecular flexibility index (Phi) is 3.94.